The van der Waals surface area contributed by atoms with Gasteiger partial charge in [0.2, 0.25) is 0 Å². The zero-order valence-corrected chi connectivity index (χ0v) is 7.93. The SMILES string of the molecule is CC1=CC(C)(/C=C/Cl)C=CC1=O. The van der Waals surface area contributed by atoms with Crippen LogP contribution >= 0.6 is 11.6 Å². The lowest BCUT2D eigenvalue weighted by Gasteiger charge is -2.20. The summed E-state index contributed by atoms with van der Waals surface area (Å²) in [6, 6.07) is 0. The zero-order valence-electron chi connectivity index (χ0n) is 7.17. The molecule has 0 fully saturated rings. The Kier molecular flexibility index (Phi) is 2.53. The minimum absolute atomic E-state index is 0.0791. The Labute approximate surface area is 77.4 Å². The van der Waals surface area contributed by atoms with Crippen LogP contribution in [-0.2, 0) is 4.79 Å². The van der Waals surface area contributed by atoms with E-state index in [1.54, 1.807) is 6.08 Å². The number of halogens is 1. The van der Waals surface area contributed by atoms with Gasteiger partial charge in [-0.3, -0.25) is 4.79 Å². The number of rotatable bonds is 1. The summed E-state index contributed by atoms with van der Waals surface area (Å²) in [5.41, 5.74) is 2.05. The number of carbonyl (C=O) groups is 1. The maximum atomic E-state index is 11.1. The molecule has 0 aliphatic heterocycles. The average Bonchev–Trinajstić information content (AvgIpc) is 1.98. The molecule has 0 heterocycles. The molecule has 0 saturated heterocycles. The van der Waals surface area contributed by atoms with E-state index in [9.17, 15) is 4.79 Å². The fraction of sp³-hybridized carbons (Fsp3) is 0.300. The van der Waals surface area contributed by atoms with E-state index in [0.29, 0.717) is 0 Å². The van der Waals surface area contributed by atoms with E-state index < -0.39 is 0 Å². The molecule has 0 aromatic heterocycles. The first kappa shape index (κ1) is 9.27. The van der Waals surface area contributed by atoms with E-state index in [1.807, 2.05) is 32.1 Å². The highest BCUT2D eigenvalue weighted by atomic mass is 35.5. The third kappa shape index (κ3) is 1.86. The van der Waals surface area contributed by atoms with Crippen LogP contribution in [-0.4, -0.2) is 5.78 Å². The Balaban J connectivity index is 2.98. The van der Waals surface area contributed by atoms with E-state index in [1.165, 1.54) is 5.54 Å². The van der Waals surface area contributed by atoms with E-state index >= 15 is 0 Å². The van der Waals surface area contributed by atoms with E-state index in [4.69, 9.17) is 11.6 Å². The molecular weight excluding hydrogens is 172 g/mol. The molecule has 0 bridgehead atoms. The van der Waals surface area contributed by atoms with Crippen molar-refractivity contribution in [3.8, 4) is 0 Å². The fourth-order valence-corrected chi connectivity index (χ4v) is 1.48. The predicted octanol–water partition coefficient (Wildman–Crippen LogP) is 2.83. The molecule has 0 aromatic carbocycles. The zero-order chi connectivity index (χ0) is 9.19. The molecule has 0 N–H and O–H groups in total. The van der Waals surface area contributed by atoms with Gasteiger partial charge in [0, 0.05) is 11.0 Å². The number of allylic oxidation sites excluding steroid dienone is 5. The highest BCUT2D eigenvalue weighted by Crippen LogP contribution is 2.28. The minimum Gasteiger partial charge on any atom is -0.290 e. The van der Waals surface area contributed by atoms with Gasteiger partial charge in [-0.15, -0.1) is 0 Å². The van der Waals surface area contributed by atoms with Gasteiger partial charge in [-0.1, -0.05) is 29.8 Å². The summed E-state index contributed by atoms with van der Waals surface area (Å²) >= 11 is 5.48. The van der Waals surface area contributed by atoms with Crippen molar-refractivity contribution >= 4 is 17.4 Å². The molecule has 1 aliphatic rings. The average molecular weight is 183 g/mol. The van der Waals surface area contributed by atoms with Crippen molar-refractivity contribution in [2.75, 3.05) is 0 Å². The highest BCUT2D eigenvalue weighted by molar-refractivity contribution is 6.25. The normalized spacial score (nSPS) is 29.6. The minimum atomic E-state index is -0.195. The molecule has 1 aliphatic carbocycles. The van der Waals surface area contributed by atoms with Crippen LogP contribution in [0.3, 0.4) is 0 Å². The van der Waals surface area contributed by atoms with Crippen molar-refractivity contribution < 1.29 is 4.79 Å². The number of carbonyl (C=O) groups excluding carboxylic acids is 1. The largest absolute Gasteiger partial charge is 0.290 e. The molecule has 0 saturated carbocycles. The Morgan fingerprint density at radius 2 is 2.25 bits per heavy atom. The predicted molar refractivity (Wildman–Crippen MR) is 51.0 cm³/mol. The Morgan fingerprint density at radius 3 is 2.75 bits per heavy atom. The molecule has 1 nitrogen and oxygen atoms in total. The van der Waals surface area contributed by atoms with Crippen LogP contribution in [0.2, 0.25) is 0 Å². The molecule has 1 rings (SSSR count). The van der Waals surface area contributed by atoms with Gasteiger partial charge < -0.3 is 0 Å². The second-order valence-corrected chi connectivity index (χ2v) is 3.44. The molecule has 0 aromatic rings. The molecular formula is C10H11ClO. The third-order valence-corrected chi connectivity index (χ3v) is 2.06. The van der Waals surface area contributed by atoms with Gasteiger partial charge in [-0.2, -0.15) is 0 Å². The topological polar surface area (TPSA) is 17.1 Å². The summed E-state index contributed by atoms with van der Waals surface area (Å²) < 4.78 is 0. The third-order valence-electron chi connectivity index (χ3n) is 1.93. The van der Waals surface area contributed by atoms with Crippen molar-refractivity contribution in [3.05, 3.63) is 35.4 Å². The van der Waals surface area contributed by atoms with Crippen molar-refractivity contribution in [2.24, 2.45) is 5.41 Å². The standard InChI is InChI=1S/C10H11ClO/c1-8-7-10(2,5-6-11)4-3-9(8)12/h3-7H,1-2H3/b6-5+. The van der Waals surface area contributed by atoms with Crippen LogP contribution in [0.25, 0.3) is 0 Å². The van der Waals surface area contributed by atoms with Crippen molar-refractivity contribution in [2.45, 2.75) is 13.8 Å². The molecule has 0 spiro atoms. The first-order chi connectivity index (χ1) is 5.57. The van der Waals surface area contributed by atoms with Crippen LogP contribution in [0.1, 0.15) is 13.8 Å². The Morgan fingerprint density at radius 1 is 1.58 bits per heavy atom. The van der Waals surface area contributed by atoms with E-state index in [-0.39, 0.29) is 11.2 Å². The molecule has 0 radical (unpaired) electrons. The van der Waals surface area contributed by atoms with Gasteiger partial charge in [0.15, 0.2) is 5.78 Å². The van der Waals surface area contributed by atoms with Gasteiger partial charge in [-0.05, 0) is 25.5 Å². The van der Waals surface area contributed by atoms with Crippen LogP contribution in [0.5, 0.6) is 0 Å². The first-order valence-corrected chi connectivity index (χ1v) is 4.22. The number of ketones is 1. The molecule has 2 heteroatoms. The summed E-state index contributed by atoms with van der Waals surface area (Å²) in [7, 11) is 0. The van der Waals surface area contributed by atoms with Gasteiger partial charge in [0.25, 0.3) is 0 Å². The first-order valence-electron chi connectivity index (χ1n) is 3.78. The lowest BCUT2D eigenvalue weighted by Crippen LogP contribution is -2.13. The molecule has 1 atom stereocenters. The lowest BCUT2D eigenvalue weighted by molar-refractivity contribution is -0.111. The fourth-order valence-electron chi connectivity index (χ4n) is 1.21. The van der Waals surface area contributed by atoms with E-state index in [2.05, 4.69) is 0 Å². The summed E-state index contributed by atoms with van der Waals surface area (Å²) in [4.78, 5) is 11.1. The smallest absolute Gasteiger partial charge is 0.180 e. The molecule has 64 valence electrons. The maximum absolute atomic E-state index is 11.1. The van der Waals surface area contributed by atoms with Crippen molar-refractivity contribution in [3.63, 3.8) is 0 Å². The monoisotopic (exact) mass is 182 g/mol. The summed E-state index contributed by atoms with van der Waals surface area (Å²) in [6.45, 7) is 3.81. The van der Waals surface area contributed by atoms with Gasteiger partial charge >= 0.3 is 0 Å². The van der Waals surface area contributed by atoms with Crippen molar-refractivity contribution in [1.29, 1.82) is 0 Å². The second-order valence-electron chi connectivity index (χ2n) is 3.18. The molecule has 0 amide bonds. The van der Waals surface area contributed by atoms with Gasteiger partial charge in [-0.25, -0.2) is 0 Å². The Bertz CT molecular complexity index is 286. The summed E-state index contributed by atoms with van der Waals surface area (Å²) in [5, 5.41) is 0. The van der Waals surface area contributed by atoms with Crippen LogP contribution < -0.4 is 0 Å². The van der Waals surface area contributed by atoms with Gasteiger partial charge in [0.1, 0.15) is 0 Å². The second kappa shape index (κ2) is 3.28. The van der Waals surface area contributed by atoms with Crippen LogP contribution in [0.4, 0.5) is 0 Å². The highest BCUT2D eigenvalue weighted by Gasteiger charge is 2.19. The van der Waals surface area contributed by atoms with Crippen molar-refractivity contribution in [1.82, 2.24) is 0 Å². The number of hydrogen-bond donors (Lipinski definition) is 0. The summed E-state index contributed by atoms with van der Waals surface area (Å²) in [6.07, 6.45) is 7.20. The van der Waals surface area contributed by atoms with Crippen LogP contribution in [0, 0.1) is 5.41 Å². The summed E-state index contributed by atoms with van der Waals surface area (Å²) in [5.74, 6) is 0.0791. The maximum Gasteiger partial charge on any atom is 0.180 e. The quantitative estimate of drug-likeness (QED) is 0.610. The Hall–Kier alpha value is -0.820. The lowest BCUT2D eigenvalue weighted by atomic mass is 9.83. The number of hydrogen-bond acceptors (Lipinski definition) is 1. The van der Waals surface area contributed by atoms with Crippen LogP contribution in [0.15, 0.2) is 35.4 Å². The molecule has 12 heavy (non-hydrogen) atoms. The molecule has 1 unspecified atom stereocenters. The van der Waals surface area contributed by atoms with E-state index in [0.717, 1.165) is 5.57 Å². The van der Waals surface area contributed by atoms with Gasteiger partial charge in [0.05, 0.1) is 0 Å².